The average molecular weight is 390 g/mol. The number of ketones is 3. The molecule has 1 aliphatic rings. The van der Waals surface area contributed by atoms with Gasteiger partial charge in [0.05, 0.1) is 16.5 Å². The van der Waals surface area contributed by atoms with Crippen LogP contribution in [0.25, 0.3) is 10.6 Å². The lowest BCUT2D eigenvalue weighted by molar-refractivity contribution is -0.157. The SMILES string of the molecule is Cc1sc(-c2ccc(Cl)cc2)nc1C1C(=O)C(C)(C)C(=O)C(C)(C)C1=O. The van der Waals surface area contributed by atoms with E-state index >= 15 is 0 Å². The number of halogens is 1. The first-order valence-electron chi connectivity index (χ1n) is 8.34. The van der Waals surface area contributed by atoms with Crippen molar-refractivity contribution < 1.29 is 14.4 Å². The van der Waals surface area contributed by atoms with Gasteiger partial charge in [-0.3, -0.25) is 14.4 Å². The Labute approximate surface area is 161 Å². The van der Waals surface area contributed by atoms with Gasteiger partial charge in [-0.2, -0.15) is 0 Å². The Morgan fingerprint density at radius 2 is 1.46 bits per heavy atom. The van der Waals surface area contributed by atoms with Gasteiger partial charge in [-0.15, -0.1) is 11.3 Å². The highest BCUT2D eigenvalue weighted by Crippen LogP contribution is 2.46. The molecule has 0 bridgehead atoms. The summed E-state index contributed by atoms with van der Waals surface area (Å²) in [6.45, 7) is 8.24. The molecule has 1 aromatic carbocycles. The van der Waals surface area contributed by atoms with Crippen molar-refractivity contribution >= 4 is 40.3 Å². The van der Waals surface area contributed by atoms with Gasteiger partial charge in [0.1, 0.15) is 10.9 Å². The van der Waals surface area contributed by atoms with E-state index in [0.29, 0.717) is 10.7 Å². The van der Waals surface area contributed by atoms with E-state index in [-0.39, 0.29) is 17.3 Å². The van der Waals surface area contributed by atoms with Crippen molar-refractivity contribution in [3.05, 3.63) is 39.9 Å². The van der Waals surface area contributed by atoms with Crippen molar-refractivity contribution in [2.24, 2.45) is 10.8 Å². The molecule has 0 N–H and O–H groups in total. The predicted octanol–water partition coefficient (Wildman–Crippen LogP) is 4.63. The van der Waals surface area contributed by atoms with E-state index in [4.69, 9.17) is 11.6 Å². The first kappa shape index (κ1) is 18.9. The standard InChI is InChI=1S/C20H20ClNO3S/c1-10-14(22-17(26-10)11-6-8-12(21)9-7-11)13-15(23)19(2,3)18(25)20(4,5)16(13)24/h6-9,13H,1-5H3. The van der Waals surface area contributed by atoms with Crippen molar-refractivity contribution in [1.29, 1.82) is 0 Å². The van der Waals surface area contributed by atoms with Crippen molar-refractivity contribution in [3.63, 3.8) is 0 Å². The van der Waals surface area contributed by atoms with E-state index in [1.54, 1.807) is 39.8 Å². The molecular formula is C20H20ClNO3S. The molecule has 0 saturated heterocycles. The van der Waals surface area contributed by atoms with Gasteiger partial charge in [0, 0.05) is 15.5 Å². The number of hydrogen-bond acceptors (Lipinski definition) is 5. The van der Waals surface area contributed by atoms with E-state index in [2.05, 4.69) is 4.98 Å². The molecule has 0 radical (unpaired) electrons. The molecule has 0 spiro atoms. The number of hydrogen-bond donors (Lipinski definition) is 0. The number of carbonyl (C=O) groups excluding carboxylic acids is 3. The van der Waals surface area contributed by atoms with Crippen LogP contribution >= 0.6 is 22.9 Å². The molecule has 3 rings (SSSR count). The molecule has 1 fully saturated rings. The summed E-state index contributed by atoms with van der Waals surface area (Å²) in [5, 5.41) is 1.35. The lowest BCUT2D eigenvalue weighted by Gasteiger charge is -2.40. The molecule has 1 saturated carbocycles. The fraction of sp³-hybridized carbons (Fsp3) is 0.400. The summed E-state index contributed by atoms with van der Waals surface area (Å²) >= 11 is 7.36. The Morgan fingerprint density at radius 1 is 0.962 bits per heavy atom. The monoisotopic (exact) mass is 389 g/mol. The second-order valence-electron chi connectivity index (χ2n) is 7.71. The number of aryl methyl sites for hydroxylation is 1. The molecule has 1 aromatic heterocycles. The summed E-state index contributed by atoms with van der Waals surface area (Å²) in [7, 11) is 0. The number of thiazole rings is 1. The molecular weight excluding hydrogens is 370 g/mol. The highest BCUT2D eigenvalue weighted by atomic mass is 35.5. The summed E-state index contributed by atoms with van der Waals surface area (Å²) in [6.07, 6.45) is 0. The van der Waals surface area contributed by atoms with Gasteiger partial charge < -0.3 is 0 Å². The van der Waals surface area contributed by atoms with Crippen LogP contribution in [0.4, 0.5) is 0 Å². The van der Waals surface area contributed by atoms with Crippen molar-refractivity contribution in [1.82, 2.24) is 4.98 Å². The molecule has 6 heteroatoms. The summed E-state index contributed by atoms with van der Waals surface area (Å²) < 4.78 is 0. The van der Waals surface area contributed by atoms with Crippen LogP contribution in [0.2, 0.25) is 5.02 Å². The third kappa shape index (κ3) is 2.74. The molecule has 0 atom stereocenters. The van der Waals surface area contributed by atoms with Gasteiger partial charge in [-0.1, -0.05) is 23.7 Å². The zero-order valence-corrected chi connectivity index (χ0v) is 16.9. The highest BCUT2D eigenvalue weighted by molar-refractivity contribution is 7.15. The minimum atomic E-state index is -1.21. The van der Waals surface area contributed by atoms with Crippen LogP contribution in [-0.2, 0) is 14.4 Å². The molecule has 136 valence electrons. The van der Waals surface area contributed by atoms with E-state index < -0.39 is 16.7 Å². The van der Waals surface area contributed by atoms with E-state index in [9.17, 15) is 14.4 Å². The second kappa shape index (κ2) is 6.10. The minimum absolute atomic E-state index is 0.331. The Morgan fingerprint density at radius 3 is 1.96 bits per heavy atom. The summed E-state index contributed by atoms with van der Waals surface area (Å²) in [5.41, 5.74) is -1.08. The van der Waals surface area contributed by atoms with Gasteiger partial charge in [-0.25, -0.2) is 4.98 Å². The zero-order chi connectivity index (χ0) is 19.4. The fourth-order valence-electron chi connectivity index (χ4n) is 3.49. The quantitative estimate of drug-likeness (QED) is 0.702. The Balaban J connectivity index is 2.11. The van der Waals surface area contributed by atoms with E-state index in [0.717, 1.165) is 15.4 Å². The van der Waals surface area contributed by atoms with E-state index in [1.165, 1.54) is 11.3 Å². The molecule has 26 heavy (non-hydrogen) atoms. The normalized spacial score (nSPS) is 19.8. The first-order chi connectivity index (χ1) is 12.0. The van der Waals surface area contributed by atoms with Crippen LogP contribution in [0.3, 0.4) is 0 Å². The van der Waals surface area contributed by atoms with Gasteiger partial charge in [0.25, 0.3) is 0 Å². The minimum Gasteiger partial charge on any atom is -0.298 e. The molecule has 1 heterocycles. The summed E-state index contributed by atoms with van der Waals surface area (Å²) in [5.74, 6) is -2.08. The number of nitrogens with zero attached hydrogens (tertiary/aromatic N) is 1. The maximum atomic E-state index is 13.0. The van der Waals surface area contributed by atoms with Crippen LogP contribution in [0.15, 0.2) is 24.3 Å². The molecule has 0 aliphatic heterocycles. The number of aromatic nitrogens is 1. The van der Waals surface area contributed by atoms with Crippen LogP contribution in [0.5, 0.6) is 0 Å². The van der Waals surface area contributed by atoms with Crippen LogP contribution in [-0.4, -0.2) is 22.3 Å². The second-order valence-corrected chi connectivity index (χ2v) is 9.35. The zero-order valence-electron chi connectivity index (χ0n) is 15.3. The van der Waals surface area contributed by atoms with E-state index in [1.807, 2.05) is 19.1 Å². The van der Waals surface area contributed by atoms with Crippen LogP contribution in [0.1, 0.15) is 44.2 Å². The molecule has 0 unspecified atom stereocenters. The first-order valence-corrected chi connectivity index (χ1v) is 9.54. The fourth-order valence-corrected chi connectivity index (χ4v) is 4.57. The molecule has 4 nitrogen and oxygen atoms in total. The topological polar surface area (TPSA) is 64.1 Å². The maximum absolute atomic E-state index is 13.0. The Kier molecular flexibility index (Phi) is 4.44. The van der Waals surface area contributed by atoms with Crippen molar-refractivity contribution in [2.45, 2.75) is 40.5 Å². The lowest BCUT2D eigenvalue weighted by atomic mass is 9.58. The van der Waals surface area contributed by atoms with Gasteiger partial charge >= 0.3 is 0 Å². The van der Waals surface area contributed by atoms with Gasteiger partial charge in [0.15, 0.2) is 17.3 Å². The lowest BCUT2D eigenvalue weighted by Crippen LogP contribution is -2.56. The Bertz CT molecular complexity index is 895. The van der Waals surface area contributed by atoms with Gasteiger partial charge in [-0.05, 0) is 46.8 Å². The summed E-state index contributed by atoms with van der Waals surface area (Å²) in [4.78, 5) is 44.1. The highest BCUT2D eigenvalue weighted by Gasteiger charge is 2.59. The van der Waals surface area contributed by atoms with Gasteiger partial charge in [0.2, 0.25) is 0 Å². The number of carbonyl (C=O) groups is 3. The molecule has 0 amide bonds. The third-order valence-electron chi connectivity index (χ3n) is 5.09. The largest absolute Gasteiger partial charge is 0.298 e. The third-order valence-corrected chi connectivity index (χ3v) is 6.38. The maximum Gasteiger partial charge on any atom is 0.162 e. The number of rotatable bonds is 2. The molecule has 2 aromatic rings. The molecule has 1 aliphatic carbocycles. The summed E-state index contributed by atoms with van der Waals surface area (Å²) in [6, 6.07) is 7.25. The number of benzene rings is 1. The van der Waals surface area contributed by atoms with Crippen LogP contribution in [0, 0.1) is 17.8 Å². The Hall–Kier alpha value is -1.85. The average Bonchev–Trinajstić information content (AvgIpc) is 2.95. The predicted molar refractivity (Wildman–Crippen MR) is 103 cm³/mol. The van der Waals surface area contributed by atoms with Crippen molar-refractivity contribution in [2.75, 3.05) is 0 Å². The van der Waals surface area contributed by atoms with Crippen LogP contribution < -0.4 is 0 Å². The van der Waals surface area contributed by atoms with Crippen molar-refractivity contribution in [3.8, 4) is 10.6 Å². The number of Topliss-reactive ketones (excluding diaryl/α,β-unsaturated/α-hetero) is 3. The smallest absolute Gasteiger partial charge is 0.162 e.